The molecular weight excluding hydrogens is 222 g/mol. The van der Waals surface area contributed by atoms with Gasteiger partial charge in [0, 0.05) is 25.3 Å². The number of rotatable bonds is 5. The summed E-state index contributed by atoms with van der Waals surface area (Å²) in [7, 11) is 4.20. The maximum absolute atomic E-state index is 4.55. The second-order valence-electron chi connectivity index (χ2n) is 5.40. The van der Waals surface area contributed by atoms with E-state index in [0.29, 0.717) is 0 Å². The summed E-state index contributed by atoms with van der Waals surface area (Å²) in [5.74, 6) is 0. The third kappa shape index (κ3) is 3.79. The lowest BCUT2D eigenvalue weighted by atomic mass is 9.94. The Labute approximate surface area is 111 Å². The van der Waals surface area contributed by atoms with E-state index in [1.165, 1.54) is 43.4 Å². The summed E-state index contributed by atoms with van der Waals surface area (Å²) in [5, 5.41) is 3.15. The van der Waals surface area contributed by atoms with E-state index in [4.69, 9.17) is 0 Å². The topological polar surface area (TPSA) is 28.2 Å². The average molecular weight is 247 g/mol. The van der Waals surface area contributed by atoms with Crippen molar-refractivity contribution < 1.29 is 0 Å². The first-order valence-corrected chi connectivity index (χ1v) is 7.08. The fraction of sp³-hybridized carbons (Fsp3) is 0.667. The Bertz CT molecular complexity index is 341. The highest BCUT2D eigenvalue weighted by Gasteiger charge is 2.18. The van der Waals surface area contributed by atoms with Gasteiger partial charge >= 0.3 is 0 Å². The molecule has 1 aromatic heterocycles. The summed E-state index contributed by atoms with van der Waals surface area (Å²) in [6.07, 6.45) is 8.90. The molecule has 0 bridgehead atoms. The van der Waals surface area contributed by atoms with Crippen LogP contribution in [0.25, 0.3) is 0 Å². The minimum Gasteiger partial charge on any atom is -0.316 e. The van der Waals surface area contributed by atoms with Crippen molar-refractivity contribution in [2.45, 2.75) is 51.2 Å². The van der Waals surface area contributed by atoms with Crippen molar-refractivity contribution >= 4 is 0 Å². The first kappa shape index (κ1) is 13.5. The Balaban J connectivity index is 1.87. The van der Waals surface area contributed by atoms with Crippen LogP contribution in [-0.4, -0.2) is 30.0 Å². The van der Waals surface area contributed by atoms with Gasteiger partial charge in [0.15, 0.2) is 0 Å². The van der Waals surface area contributed by atoms with Gasteiger partial charge in [-0.15, -0.1) is 0 Å². The van der Waals surface area contributed by atoms with Gasteiger partial charge in [-0.3, -0.25) is 9.88 Å². The molecule has 18 heavy (non-hydrogen) atoms. The second kappa shape index (κ2) is 6.86. The molecule has 3 heteroatoms. The highest BCUT2D eigenvalue weighted by Crippen LogP contribution is 2.22. The van der Waals surface area contributed by atoms with Gasteiger partial charge in [0.1, 0.15) is 0 Å². The third-order valence-corrected chi connectivity index (χ3v) is 3.88. The number of nitrogens with zero attached hydrogens (tertiary/aromatic N) is 2. The summed E-state index contributed by atoms with van der Waals surface area (Å²) < 4.78 is 0. The van der Waals surface area contributed by atoms with E-state index in [0.717, 1.165) is 19.1 Å². The first-order chi connectivity index (χ1) is 8.79. The average Bonchev–Trinajstić information content (AvgIpc) is 2.42. The van der Waals surface area contributed by atoms with Crippen LogP contribution in [0, 0.1) is 0 Å². The summed E-state index contributed by atoms with van der Waals surface area (Å²) in [4.78, 5) is 7.02. The molecule has 0 aliphatic heterocycles. The number of pyridine rings is 1. The smallest absolute Gasteiger partial charge is 0.0544 e. The molecule has 1 heterocycles. The van der Waals surface area contributed by atoms with Crippen molar-refractivity contribution in [1.29, 1.82) is 0 Å². The van der Waals surface area contributed by atoms with E-state index >= 15 is 0 Å². The molecule has 1 saturated carbocycles. The van der Waals surface area contributed by atoms with Crippen LogP contribution in [0.3, 0.4) is 0 Å². The molecule has 1 N–H and O–H groups in total. The van der Waals surface area contributed by atoms with Gasteiger partial charge in [-0.25, -0.2) is 0 Å². The summed E-state index contributed by atoms with van der Waals surface area (Å²) in [5.41, 5.74) is 2.43. The first-order valence-electron chi connectivity index (χ1n) is 7.08. The molecule has 0 atom stereocenters. The van der Waals surface area contributed by atoms with Crippen LogP contribution in [0.2, 0.25) is 0 Å². The molecule has 1 aliphatic carbocycles. The maximum Gasteiger partial charge on any atom is 0.0544 e. The Kier molecular flexibility index (Phi) is 5.14. The van der Waals surface area contributed by atoms with Crippen molar-refractivity contribution in [3.8, 4) is 0 Å². The van der Waals surface area contributed by atoms with Crippen LogP contribution in [0.1, 0.15) is 43.4 Å². The van der Waals surface area contributed by atoms with Crippen molar-refractivity contribution in [1.82, 2.24) is 15.2 Å². The van der Waals surface area contributed by atoms with Crippen molar-refractivity contribution in [3.63, 3.8) is 0 Å². The van der Waals surface area contributed by atoms with Crippen molar-refractivity contribution in [2.24, 2.45) is 0 Å². The zero-order valence-electron chi connectivity index (χ0n) is 11.7. The van der Waals surface area contributed by atoms with Gasteiger partial charge in [-0.05, 0) is 38.6 Å². The Morgan fingerprint density at radius 2 is 2.06 bits per heavy atom. The number of aromatic nitrogens is 1. The quantitative estimate of drug-likeness (QED) is 0.867. The van der Waals surface area contributed by atoms with E-state index in [9.17, 15) is 0 Å². The van der Waals surface area contributed by atoms with E-state index in [2.05, 4.69) is 34.4 Å². The van der Waals surface area contributed by atoms with Gasteiger partial charge in [-0.1, -0.05) is 25.3 Å². The van der Waals surface area contributed by atoms with Crippen LogP contribution < -0.4 is 5.32 Å². The minimum atomic E-state index is 0.762. The molecule has 0 aromatic carbocycles. The lowest BCUT2D eigenvalue weighted by molar-refractivity contribution is 0.183. The van der Waals surface area contributed by atoms with Crippen molar-refractivity contribution in [3.05, 3.63) is 29.6 Å². The normalized spacial score (nSPS) is 17.3. The molecule has 2 rings (SSSR count). The van der Waals surface area contributed by atoms with Crippen molar-refractivity contribution in [2.75, 3.05) is 14.1 Å². The van der Waals surface area contributed by atoms with Gasteiger partial charge in [-0.2, -0.15) is 0 Å². The molecular formula is C15H25N3. The van der Waals surface area contributed by atoms with Gasteiger partial charge in [0.2, 0.25) is 0 Å². The molecule has 100 valence electrons. The Morgan fingerprint density at radius 1 is 1.28 bits per heavy atom. The molecule has 0 amide bonds. The van der Waals surface area contributed by atoms with Gasteiger partial charge in [0.05, 0.1) is 5.69 Å². The Hall–Kier alpha value is -0.930. The second-order valence-corrected chi connectivity index (χ2v) is 5.40. The van der Waals surface area contributed by atoms with Crippen LogP contribution in [0.4, 0.5) is 0 Å². The zero-order valence-corrected chi connectivity index (χ0v) is 11.7. The highest BCUT2D eigenvalue weighted by molar-refractivity contribution is 5.13. The third-order valence-electron chi connectivity index (χ3n) is 3.88. The van der Waals surface area contributed by atoms with Crippen LogP contribution in [0.5, 0.6) is 0 Å². The molecule has 0 radical (unpaired) electrons. The van der Waals surface area contributed by atoms with Crippen LogP contribution in [-0.2, 0) is 13.1 Å². The van der Waals surface area contributed by atoms with Gasteiger partial charge in [0.25, 0.3) is 0 Å². The fourth-order valence-electron chi connectivity index (χ4n) is 2.76. The molecule has 3 nitrogen and oxygen atoms in total. The Morgan fingerprint density at radius 3 is 2.67 bits per heavy atom. The molecule has 0 spiro atoms. The SMILES string of the molecule is CNCc1ccc(CN(C)C2CCCCC2)nc1. The van der Waals surface area contributed by atoms with E-state index in [1.807, 2.05) is 13.2 Å². The summed E-state index contributed by atoms with van der Waals surface area (Å²) in [6, 6.07) is 5.09. The summed E-state index contributed by atoms with van der Waals surface area (Å²) >= 11 is 0. The number of nitrogens with one attached hydrogen (secondary N) is 1. The number of hydrogen-bond acceptors (Lipinski definition) is 3. The lowest BCUT2D eigenvalue weighted by Gasteiger charge is -2.30. The maximum atomic E-state index is 4.55. The molecule has 1 fully saturated rings. The van der Waals surface area contributed by atoms with Crippen LogP contribution >= 0.6 is 0 Å². The van der Waals surface area contributed by atoms with E-state index in [1.54, 1.807) is 0 Å². The number of hydrogen-bond donors (Lipinski definition) is 1. The highest BCUT2D eigenvalue weighted by atomic mass is 15.1. The predicted molar refractivity (Wildman–Crippen MR) is 75.3 cm³/mol. The molecule has 0 saturated heterocycles. The standard InChI is InChI=1S/C15H25N3/c1-16-10-13-8-9-14(17-11-13)12-18(2)15-6-4-3-5-7-15/h8-9,11,15-16H,3-7,10,12H2,1-2H3. The zero-order chi connectivity index (χ0) is 12.8. The molecule has 1 aromatic rings. The monoisotopic (exact) mass is 247 g/mol. The minimum absolute atomic E-state index is 0.762. The largest absolute Gasteiger partial charge is 0.316 e. The van der Waals surface area contributed by atoms with Crippen LogP contribution in [0.15, 0.2) is 18.3 Å². The summed E-state index contributed by atoms with van der Waals surface area (Å²) in [6.45, 7) is 1.87. The predicted octanol–water partition coefficient (Wildman–Crippen LogP) is 2.57. The fourth-order valence-corrected chi connectivity index (χ4v) is 2.76. The molecule has 0 unspecified atom stereocenters. The van der Waals surface area contributed by atoms with Gasteiger partial charge < -0.3 is 5.32 Å². The van der Waals surface area contributed by atoms with E-state index < -0.39 is 0 Å². The molecule has 1 aliphatic rings. The van der Waals surface area contributed by atoms with E-state index in [-0.39, 0.29) is 0 Å². The lowest BCUT2D eigenvalue weighted by Crippen LogP contribution is -2.33.